The van der Waals surface area contributed by atoms with Gasteiger partial charge in [-0.1, -0.05) is 35.8 Å². The number of H-pyrrole nitrogens is 1. The Hall–Kier alpha value is -3.16. The van der Waals surface area contributed by atoms with Crippen molar-refractivity contribution in [3.05, 3.63) is 59.0 Å². The van der Waals surface area contributed by atoms with E-state index in [1.54, 1.807) is 11.1 Å². The summed E-state index contributed by atoms with van der Waals surface area (Å²) >= 11 is 13.8. The van der Waals surface area contributed by atoms with E-state index in [0.29, 0.717) is 41.7 Å². The van der Waals surface area contributed by atoms with Crippen LogP contribution in [0.2, 0.25) is 10.0 Å². The normalized spacial score (nSPS) is 14.3. The minimum absolute atomic E-state index is 0.0586. The highest BCUT2D eigenvalue weighted by Crippen LogP contribution is 2.44. The molecular formula is C23H20Cl2N6O. The second-order valence-electron chi connectivity index (χ2n) is 7.75. The van der Waals surface area contributed by atoms with E-state index in [9.17, 15) is 4.79 Å². The maximum Gasteiger partial charge on any atom is 0.246 e. The fourth-order valence-electron chi connectivity index (χ4n) is 4.32. The molecule has 1 saturated heterocycles. The maximum absolute atomic E-state index is 11.9. The Bertz CT molecular complexity index is 1370. The predicted octanol–water partition coefficient (Wildman–Crippen LogP) is 4.62. The molecule has 0 saturated carbocycles. The highest BCUT2D eigenvalue weighted by atomic mass is 35.5. The summed E-state index contributed by atoms with van der Waals surface area (Å²) in [6.45, 7) is 8.08. The van der Waals surface area contributed by atoms with Crippen LogP contribution in [0.4, 0.5) is 5.82 Å². The third-order valence-corrected chi connectivity index (χ3v) is 6.61. The number of rotatable bonds is 3. The van der Waals surface area contributed by atoms with Gasteiger partial charge in [0.15, 0.2) is 0 Å². The first-order valence-electron chi connectivity index (χ1n) is 10.2. The molecule has 1 amide bonds. The van der Waals surface area contributed by atoms with Crippen molar-refractivity contribution in [2.45, 2.75) is 6.92 Å². The molecule has 162 valence electrons. The second kappa shape index (κ2) is 8.07. The molecule has 0 atom stereocenters. The first-order chi connectivity index (χ1) is 15.5. The summed E-state index contributed by atoms with van der Waals surface area (Å²) in [4.78, 5) is 24.8. The number of nitrogens with one attached hydrogen (secondary N) is 1. The van der Waals surface area contributed by atoms with Crippen LogP contribution in [0, 0.1) is 6.92 Å². The molecule has 0 aliphatic carbocycles. The molecule has 9 heteroatoms. The zero-order valence-corrected chi connectivity index (χ0v) is 18.9. The van der Waals surface area contributed by atoms with Crippen molar-refractivity contribution in [1.29, 1.82) is 0 Å². The predicted molar refractivity (Wildman–Crippen MR) is 128 cm³/mol. The summed E-state index contributed by atoms with van der Waals surface area (Å²) in [6, 6.07) is 5.89. The van der Waals surface area contributed by atoms with Gasteiger partial charge in [0.05, 0.1) is 27.3 Å². The highest BCUT2D eigenvalue weighted by molar-refractivity contribution is 6.43. The van der Waals surface area contributed by atoms with E-state index in [-0.39, 0.29) is 5.91 Å². The number of aromatic nitrogens is 4. The number of aryl methyl sites for hydroxylation is 1. The van der Waals surface area contributed by atoms with E-state index >= 15 is 0 Å². The molecule has 0 bridgehead atoms. The minimum atomic E-state index is -0.0586. The number of hydrogen-bond donors (Lipinski definition) is 1. The molecule has 7 nitrogen and oxygen atoms in total. The average Bonchev–Trinajstić information content (AvgIpc) is 3.28. The van der Waals surface area contributed by atoms with Crippen molar-refractivity contribution in [3.8, 4) is 11.1 Å². The topological polar surface area (TPSA) is 78.0 Å². The van der Waals surface area contributed by atoms with Gasteiger partial charge in [-0.15, -0.1) is 0 Å². The van der Waals surface area contributed by atoms with Crippen LogP contribution >= 0.6 is 23.2 Å². The Balaban J connectivity index is 1.62. The lowest BCUT2D eigenvalue weighted by molar-refractivity contribution is -0.126. The quantitative estimate of drug-likeness (QED) is 0.445. The SMILES string of the molecule is C=CC(=O)N1CCN(c2ncnc3c(Cl)c(-c4c(C)ccc5[nH]ncc45)c(Cl)cc23)CC1. The van der Waals surface area contributed by atoms with E-state index in [0.717, 1.165) is 38.8 Å². The molecule has 0 spiro atoms. The molecule has 4 aromatic rings. The minimum Gasteiger partial charge on any atom is -0.352 e. The van der Waals surface area contributed by atoms with Crippen LogP contribution in [0.1, 0.15) is 5.56 Å². The van der Waals surface area contributed by atoms with Crippen molar-refractivity contribution in [2.24, 2.45) is 0 Å². The number of halogens is 2. The van der Waals surface area contributed by atoms with Gasteiger partial charge in [0.1, 0.15) is 12.1 Å². The van der Waals surface area contributed by atoms with E-state index < -0.39 is 0 Å². The number of benzene rings is 2. The molecule has 1 aliphatic rings. The summed E-state index contributed by atoms with van der Waals surface area (Å²) < 4.78 is 0. The highest BCUT2D eigenvalue weighted by Gasteiger charge is 2.25. The number of nitrogens with zero attached hydrogens (tertiary/aromatic N) is 5. The molecule has 1 aliphatic heterocycles. The molecule has 3 heterocycles. The van der Waals surface area contributed by atoms with Crippen molar-refractivity contribution in [3.63, 3.8) is 0 Å². The van der Waals surface area contributed by atoms with E-state index in [4.69, 9.17) is 23.2 Å². The average molecular weight is 467 g/mol. The van der Waals surface area contributed by atoms with Crippen LogP contribution in [0.25, 0.3) is 32.9 Å². The van der Waals surface area contributed by atoms with Gasteiger partial charge in [-0.05, 0) is 36.3 Å². The van der Waals surface area contributed by atoms with E-state index in [1.807, 2.05) is 25.1 Å². The van der Waals surface area contributed by atoms with E-state index in [2.05, 4.69) is 31.6 Å². The Morgan fingerprint density at radius 3 is 2.66 bits per heavy atom. The zero-order chi connectivity index (χ0) is 22.4. The zero-order valence-electron chi connectivity index (χ0n) is 17.4. The molecule has 1 N–H and O–H groups in total. The molecule has 0 unspecified atom stereocenters. The molecule has 1 fully saturated rings. The van der Waals surface area contributed by atoms with Crippen LogP contribution < -0.4 is 4.90 Å². The Morgan fingerprint density at radius 1 is 1.12 bits per heavy atom. The summed E-state index contributed by atoms with van der Waals surface area (Å²) in [5.74, 6) is 0.700. The number of hydrogen-bond acceptors (Lipinski definition) is 5. The third kappa shape index (κ3) is 3.29. The second-order valence-corrected chi connectivity index (χ2v) is 8.53. The fourth-order valence-corrected chi connectivity index (χ4v) is 5.02. The molecule has 5 rings (SSSR count). The standard InChI is InChI=1S/C23H20Cl2N6O/c1-3-18(32)30-6-8-31(9-7-30)23-14-10-16(24)20(21(25)22(14)26-12-27-23)19-13(2)4-5-17-15(19)11-28-29-17/h3-5,10-12H,1,6-9H2,2H3,(H,28,29). The lowest BCUT2D eigenvalue weighted by Crippen LogP contribution is -2.48. The van der Waals surface area contributed by atoms with Crippen LogP contribution in [0.3, 0.4) is 0 Å². The van der Waals surface area contributed by atoms with E-state index in [1.165, 1.54) is 12.4 Å². The van der Waals surface area contributed by atoms with Gasteiger partial charge < -0.3 is 9.80 Å². The van der Waals surface area contributed by atoms with Gasteiger partial charge in [-0.25, -0.2) is 9.97 Å². The lowest BCUT2D eigenvalue weighted by Gasteiger charge is -2.35. The summed E-state index contributed by atoms with van der Waals surface area (Å²) in [5.41, 5.74) is 4.26. The largest absolute Gasteiger partial charge is 0.352 e. The molecule has 2 aromatic heterocycles. The summed E-state index contributed by atoms with van der Waals surface area (Å²) in [7, 11) is 0. The molecule has 32 heavy (non-hydrogen) atoms. The number of carbonyl (C=O) groups excluding carboxylic acids is 1. The maximum atomic E-state index is 11.9. The number of fused-ring (bicyclic) bond motifs is 2. The smallest absolute Gasteiger partial charge is 0.246 e. The fraction of sp³-hybridized carbons (Fsp3) is 0.217. The number of carbonyl (C=O) groups is 1. The monoisotopic (exact) mass is 466 g/mol. The van der Waals surface area contributed by atoms with Crippen molar-refractivity contribution < 1.29 is 4.79 Å². The van der Waals surface area contributed by atoms with Crippen LogP contribution in [-0.4, -0.2) is 57.2 Å². The first kappa shape index (κ1) is 20.7. The Labute approximate surface area is 194 Å². The van der Waals surface area contributed by atoms with Crippen LogP contribution in [0.15, 0.2) is 43.4 Å². The van der Waals surface area contributed by atoms with Gasteiger partial charge >= 0.3 is 0 Å². The number of anilines is 1. The van der Waals surface area contributed by atoms with Crippen LogP contribution in [-0.2, 0) is 4.79 Å². The van der Waals surface area contributed by atoms with Gasteiger partial charge in [0, 0.05) is 42.5 Å². The summed E-state index contributed by atoms with van der Waals surface area (Å²) in [5, 5.41) is 9.91. The van der Waals surface area contributed by atoms with Gasteiger partial charge in [0.2, 0.25) is 5.91 Å². The number of piperazine rings is 1. The molecular weight excluding hydrogens is 447 g/mol. The van der Waals surface area contributed by atoms with Crippen LogP contribution in [0.5, 0.6) is 0 Å². The number of aromatic amines is 1. The lowest BCUT2D eigenvalue weighted by atomic mass is 9.95. The van der Waals surface area contributed by atoms with Gasteiger partial charge in [-0.2, -0.15) is 5.10 Å². The van der Waals surface area contributed by atoms with Crippen molar-refractivity contribution >= 4 is 56.7 Å². The van der Waals surface area contributed by atoms with Crippen molar-refractivity contribution in [1.82, 2.24) is 25.1 Å². The van der Waals surface area contributed by atoms with Crippen molar-refractivity contribution in [2.75, 3.05) is 31.1 Å². The summed E-state index contributed by atoms with van der Waals surface area (Å²) in [6.07, 6.45) is 4.65. The van der Waals surface area contributed by atoms with Gasteiger partial charge in [-0.3, -0.25) is 9.89 Å². The number of amides is 1. The first-order valence-corrected chi connectivity index (χ1v) is 11.0. The third-order valence-electron chi connectivity index (χ3n) is 5.95. The Kier molecular flexibility index (Phi) is 5.23. The molecule has 0 radical (unpaired) electrons. The van der Waals surface area contributed by atoms with Gasteiger partial charge in [0.25, 0.3) is 0 Å². The Morgan fingerprint density at radius 2 is 1.91 bits per heavy atom. The molecule has 2 aromatic carbocycles.